The highest BCUT2D eigenvalue weighted by molar-refractivity contribution is 5.63. The highest BCUT2D eigenvalue weighted by atomic mass is 16.5. The van der Waals surface area contributed by atoms with Crippen molar-refractivity contribution in [2.24, 2.45) is 5.92 Å². The van der Waals surface area contributed by atoms with Crippen LogP contribution in [0.2, 0.25) is 0 Å². The fourth-order valence-corrected chi connectivity index (χ4v) is 3.01. The van der Waals surface area contributed by atoms with Crippen LogP contribution in [-0.4, -0.2) is 22.4 Å². The maximum atomic E-state index is 10.0. The second kappa shape index (κ2) is 5.76. The third-order valence-electron chi connectivity index (χ3n) is 4.36. The van der Waals surface area contributed by atoms with E-state index in [9.17, 15) is 5.11 Å². The van der Waals surface area contributed by atoms with Gasteiger partial charge in [0.25, 0.3) is 5.89 Å². The van der Waals surface area contributed by atoms with Gasteiger partial charge in [0.1, 0.15) is 11.5 Å². The Labute approximate surface area is 123 Å². The minimum absolute atomic E-state index is 0.0856. The van der Waals surface area contributed by atoms with Crippen LogP contribution in [0.1, 0.15) is 44.3 Å². The van der Waals surface area contributed by atoms with E-state index in [0.717, 1.165) is 24.6 Å². The predicted molar refractivity (Wildman–Crippen MR) is 78.3 cm³/mol. The van der Waals surface area contributed by atoms with Crippen LogP contribution in [0, 0.1) is 5.92 Å². The van der Waals surface area contributed by atoms with Gasteiger partial charge in [-0.2, -0.15) is 4.98 Å². The van der Waals surface area contributed by atoms with E-state index in [1.807, 2.05) is 0 Å². The fourth-order valence-electron chi connectivity index (χ4n) is 3.01. The number of methoxy groups -OCH3 is 1. The summed E-state index contributed by atoms with van der Waals surface area (Å²) in [4.78, 5) is 4.47. The van der Waals surface area contributed by atoms with Crippen LogP contribution in [0.5, 0.6) is 11.5 Å². The Kier molecular flexibility index (Phi) is 3.82. The zero-order chi connectivity index (χ0) is 14.8. The summed E-state index contributed by atoms with van der Waals surface area (Å²) in [5.41, 5.74) is 0.541. The molecule has 1 fully saturated rings. The van der Waals surface area contributed by atoms with Gasteiger partial charge < -0.3 is 14.4 Å². The molecular formula is C16H20N2O3. The topological polar surface area (TPSA) is 68.4 Å². The molecule has 1 aliphatic carbocycles. The van der Waals surface area contributed by atoms with Gasteiger partial charge in [0.2, 0.25) is 0 Å². The molecule has 2 aromatic rings. The Hall–Kier alpha value is -2.04. The molecule has 1 saturated carbocycles. The van der Waals surface area contributed by atoms with Gasteiger partial charge in [-0.05, 0) is 37.3 Å². The summed E-state index contributed by atoms with van der Waals surface area (Å²) in [6.07, 6.45) is 4.69. The van der Waals surface area contributed by atoms with E-state index in [2.05, 4.69) is 17.1 Å². The molecule has 2 atom stereocenters. The van der Waals surface area contributed by atoms with Crippen molar-refractivity contribution in [3.8, 4) is 23.0 Å². The number of phenols is 1. The van der Waals surface area contributed by atoms with Gasteiger partial charge in [0.05, 0.1) is 12.7 Å². The van der Waals surface area contributed by atoms with Crippen LogP contribution >= 0.6 is 0 Å². The summed E-state index contributed by atoms with van der Waals surface area (Å²) in [5, 5.41) is 14.1. The molecule has 1 heterocycles. The van der Waals surface area contributed by atoms with E-state index in [-0.39, 0.29) is 5.75 Å². The average molecular weight is 288 g/mol. The van der Waals surface area contributed by atoms with Crippen molar-refractivity contribution in [1.82, 2.24) is 10.1 Å². The molecule has 3 rings (SSSR count). The van der Waals surface area contributed by atoms with Crippen LogP contribution in [0.25, 0.3) is 11.5 Å². The number of rotatable bonds is 4. The predicted octanol–water partition coefficient (Wildman–Crippen LogP) is 3.74. The molecule has 0 spiro atoms. The molecule has 1 aromatic carbocycles. The van der Waals surface area contributed by atoms with Crippen LogP contribution in [-0.2, 0) is 0 Å². The number of hydrogen-bond donors (Lipinski definition) is 1. The standard InChI is InChI=1S/C16H20N2O3/c1-3-10-4-5-11(8-10)15-17-16(21-18-15)13-7-6-12(20-2)9-14(13)19/h6-7,9-11,19H,3-5,8H2,1-2H3. The van der Waals surface area contributed by atoms with Crippen molar-refractivity contribution in [2.75, 3.05) is 7.11 Å². The fraction of sp³-hybridized carbons (Fsp3) is 0.500. The van der Waals surface area contributed by atoms with Crippen molar-refractivity contribution >= 4 is 0 Å². The van der Waals surface area contributed by atoms with Crippen molar-refractivity contribution in [3.05, 3.63) is 24.0 Å². The zero-order valence-electron chi connectivity index (χ0n) is 12.4. The Morgan fingerprint density at radius 2 is 2.24 bits per heavy atom. The Bertz CT molecular complexity index is 624. The van der Waals surface area contributed by atoms with Gasteiger partial charge in [0.15, 0.2) is 5.82 Å². The molecule has 1 aromatic heterocycles. The zero-order valence-corrected chi connectivity index (χ0v) is 12.4. The van der Waals surface area contributed by atoms with Crippen molar-refractivity contribution in [2.45, 2.75) is 38.5 Å². The molecular weight excluding hydrogens is 268 g/mol. The summed E-state index contributed by atoms with van der Waals surface area (Å²) in [6, 6.07) is 5.04. The molecule has 0 bridgehead atoms. The van der Waals surface area contributed by atoms with E-state index in [1.165, 1.54) is 12.8 Å². The summed E-state index contributed by atoms with van der Waals surface area (Å²) in [7, 11) is 1.56. The molecule has 0 aliphatic heterocycles. The highest BCUT2D eigenvalue weighted by Gasteiger charge is 2.28. The van der Waals surface area contributed by atoms with Crippen LogP contribution in [0.15, 0.2) is 22.7 Å². The van der Waals surface area contributed by atoms with Crippen molar-refractivity contribution < 1.29 is 14.4 Å². The number of phenolic OH excluding ortho intramolecular Hbond substituents is 1. The normalized spacial score (nSPS) is 21.6. The lowest BCUT2D eigenvalue weighted by molar-refractivity contribution is 0.402. The lowest BCUT2D eigenvalue weighted by Crippen LogP contribution is -1.97. The first kappa shape index (κ1) is 13.9. The van der Waals surface area contributed by atoms with Crippen molar-refractivity contribution in [3.63, 3.8) is 0 Å². The number of aromatic nitrogens is 2. The first-order chi connectivity index (χ1) is 10.2. The maximum absolute atomic E-state index is 10.0. The van der Waals surface area contributed by atoms with E-state index >= 15 is 0 Å². The van der Waals surface area contributed by atoms with Gasteiger partial charge >= 0.3 is 0 Å². The number of ether oxygens (including phenoxy) is 1. The minimum atomic E-state index is 0.0856. The number of benzene rings is 1. The second-order valence-electron chi connectivity index (χ2n) is 5.63. The SMILES string of the molecule is CCC1CCC(c2noc(-c3ccc(OC)cc3O)n2)C1. The summed E-state index contributed by atoms with van der Waals surface area (Å²) in [6.45, 7) is 2.23. The van der Waals surface area contributed by atoms with Gasteiger partial charge in [0, 0.05) is 12.0 Å². The molecule has 2 unspecified atom stereocenters. The molecule has 112 valence electrons. The van der Waals surface area contributed by atoms with Gasteiger partial charge in [-0.15, -0.1) is 0 Å². The molecule has 5 heteroatoms. The summed E-state index contributed by atoms with van der Waals surface area (Å²) < 4.78 is 10.4. The smallest absolute Gasteiger partial charge is 0.261 e. The highest BCUT2D eigenvalue weighted by Crippen LogP contribution is 2.39. The Balaban J connectivity index is 1.82. The molecule has 5 nitrogen and oxygen atoms in total. The lowest BCUT2D eigenvalue weighted by Gasteiger charge is -2.04. The van der Waals surface area contributed by atoms with Crippen LogP contribution in [0.4, 0.5) is 0 Å². The van der Waals surface area contributed by atoms with Crippen LogP contribution in [0.3, 0.4) is 0 Å². The number of aromatic hydroxyl groups is 1. The second-order valence-corrected chi connectivity index (χ2v) is 5.63. The van der Waals surface area contributed by atoms with E-state index < -0.39 is 0 Å². The largest absolute Gasteiger partial charge is 0.507 e. The molecule has 0 amide bonds. The number of hydrogen-bond acceptors (Lipinski definition) is 5. The van der Waals surface area contributed by atoms with E-state index in [4.69, 9.17) is 9.26 Å². The Morgan fingerprint density at radius 1 is 1.38 bits per heavy atom. The van der Waals surface area contributed by atoms with E-state index in [1.54, 1.807) is 25.3 Å². The quantitative estimate of drug-likeness (QED) is 0.928. The first-order valence-corrected chi connectivity index (χ1v) is 7.42. The molecule has 1 N–H and O–H groups in total. The number of nitrogens with zero attached hydrogens (tertiary/aromatic N) is 2. The lowest BCUT2D eigenvalue weighted by atomic mass is 10.0. The maximum Gasteiger partial charge on any atom is 0.261 e. The van der Waals surface area contributed by atoms with Gasteiger partial charge in [-0.1, -0.05) is 18.5 Å². The summed E-state index contributed by atoms with van der Waals surface area (Å²) in [5.74, 6) is 2.96. The van der Waals surface area contributed by atoms with Crippen molar-refractivity contribution in [1.29, 1.82) is 0 Å². The summed E-state index contributed by atoms with van der Waals surface area (Å²) >= 11 is 0. The molecule has 0 radical (unpaired) electrons. The molecule has 0 saturated heterocycles. The van der Waals surface area contributed by atoms with Crippen LogP contribution < -0.4 is 4.74 Å². The molecule has 21 heavy (non-hydrogen) atoms. The third kappa shape index (κ3) is 2.73. The third-order valence-corrected chi connectivity index (χ3v) is 4.36. The van der Waals surface area contributed by atoms with Gasteiger partial charge in [-0.25, -0.2) is 0 Å². The first-order valence-electron chi connectivity index (χ1n) is 7.42. The van der Waals surface area contributed by atoms with Gasteiger partial charge in [-0.3, -0.25) is 0 Å². The monoisotopic (exact) mass is 288 g/mol. The molecule has 1 aliphatic rings. The minimum Gasteiger partial charge on any atom is -0.507 e. The average Bonchev–Trinajstić information content (AvgIpc) is 3.15. The van der Waals surface area contributed by atoms with E-state index in [0.29, 0.717) is 23.1 Å². The Morgan fingerprint density at radius 3 is 2.90 bits per heavy atom.